The van der Waals surface area contributed by atoms with Crippen molar-refractivity contribution < 1.29 is 0 Å². The van der Waals surface area contributed by atoms with Crippen LogP contribution in [0.5, 0.6) is 0 Å². The predicted molar refractivity (Wildman–Crippen MR) is 69.9 cm³/mol. The van der Waals surface area contributed by atoms with Crippen molar-refractivity contribution >= 4 is 28.3 Å². The Hall–Kier alpha value is -0.480. The van der Waals surface area contributed by atoms with Crippen molar-refractivity contribution in [2.24, 2.45) is 4.99 Å². The van der Waals surface area contributed by atoms with Crippen LogP contribution in [0, 0.1) is 0 Å². The molecule has 1 aromatic rings. The molecule has 82 valence electrons. The van der Waals surface area contributed by atoms with E-state index < -0.39 is 0 Å². The Kier molecular flexibility index (Phi) is 3.70. The van der Waals surface area contributed by atoms with E-state index in [9.17, 15) is 0 Å². The van der Waals surface area contributed by atoms with Crippen LogP contribution in [-0.2, 0) is 13.0 Å². The fourth-order valence-corrected chi connectivity index (χ4v) is 3.38. The average Bonchev–Trinajstić information content (AvgIpc) is 2.83. The van der Waals surface area contributed by atoms with E-state index in [0.717, 1.165) is 23.9 Å². The first kappa shape index (κ1) is 11.0. The molecule has 1 unspecified atom stereocenters. The number of thioether (sulfide) groups is 1. The summed E-state index contributed by atoms with van der Waals surface area (Å²) < 4.78 is 0. The molecule has 1 saturated heterocycles. The number of nitrogens with one attached hydrogen (secondary N) is 1. The van der Waals surface area contributed by atoms with Crippen LogP contribution in [0.15, 0.2) is 16.4 Å². The van der Waals surface area contributed by atoms with Crippen molar-refractivity contribution in [1.29, 1.82) is 0 Å². The number of aryl methyl sites for hydroxylation is 1. The van der Waals surface area contributed by atoms with Crippen molar-refractivity contribution in [3.05, 3.63) is 21.9 Å². The molecule has 0 aliphatic carbocycles. The van der Waals surface area contributed by atoms with Gasteiger partial charge in [-0.25, -0.2) is 0 Å². The summed E-state index contributed by atoms with van der Waals surface area (Å²) in [6, 6.07) is 2.78. The van der Waals surface area contributed by atoms with Gasteiger partial charge in [0.2, 0.25) is 0 Å². The molecule has 15 heavy (non-hydrogen) atoms. The van der Waals surface area contributed by atoms with Gasteiger partial charge in [0, 0.05) is 16.7 Å². The van der Waals surface area contributed by atoms with Crippen LogP contribution in [0.3, 0.4) is 0 Å². The highest BCUT2D eigenvalue weighted by atomic mass is 32.2. The molecular weight excluding hydrogens is 224 g/mol. The minimum atomic E-state index is 0.572. The van der Waals surface area contributed by atoms with Crippen molar-refractivity contribution in [3.8, 4) is 0 Å². The molecule has 2 nitrogen and oxygen atoms in total. The maximum atomic E-state index is 4.60. The molecule has 0 aromatic carbocycles. The van der Waals surface area contributed by atoms with Gasteiger partial charge in [-0.15, -0.1) is 11.3 Å². The molecule has 0 radical (unpaired) electrons. The lowest BCUT2D eigenvalue weighted by Gasteiger charge is -2.01. The zero-order valence-electron chi connectivity index (χ0n) is 9.12. The molecule has 1 aromatic heterocycles. The molecule has 1 aliphatic heterocycles. The van der Waals surface area contributed by atoms with E-state index in [-0.39, 0.29) is 0 Å². The minimum absolute atomic E-state index is 0.572. The molecule has 0 amide bonds. The summed E-state index contributed by atoms with van der Waals surface area (Å²) in [4.78, 5) is 6.01. The van der Waals surface area contributed by atoms with Gasteiger partial charge in [-0.05, 0) is 30.4 Å². The third-order valence-corrected chi connectivity index (χ3v) is 4.56. The van der Waals surface area contributed by atoms with Crippen LogP contribution in [0.25, 0.3) is 0 Å². The largest absolute Gasteiger partial charge is 0.362 e. The standard InChI is InChI=1S/C11H16N2S2/c1-3-9-4-5-14-10(9)6-12-11-13-8(2)7-15-11/h4-5,8H,3,6-7H2,1-2H3,(H,12,13). The lowest BCUT2D eigenvalue weighted by Crippen LogP contribution is -2.23. The van der Waals surface area contributed by atoms with Crippen LogP contribution in [0.4, 0.5) is 0 Å². The molecule has 1 aliphatic rings. The van der Waals surface area contributed by atoms with Crippen LogP contribution < -0.4 is 5.32 Å². The molecular formula is C11H16N2S2. The number of rotatable bonds is 3. The number of hydrogen-bond acceptors (Lipinski definition) is 3. The van der Waals surface area contributed by atoms with Gasteiger partial charge in [0.05, 0.1) is 6.54 Å². The van der Waals surface area contributed by atoms with Crippen molar-refractivity contribution in [3.63, 3.8) is 0 Å². The summed E-state index contributed by atoms with van der Waals surface area (Å²) in [6.45, 7) is 5.23. The maximum absolute atomic E-state index is 4.60. The van der Waals surface area contributed by atoms with Crippen molar-refractivity contribution in [2.45, 2.75) is 32.9 Å². The van der Waals surface area contributed by atoms with Gasteiger partial charge in [0.15, 0.2) is 5.17 Å². The summed E-state index contributed by atoms with van der Waals surface area (Å²) in [7, 11) is 0. The summed E-state index contributed by atoms with van der Waals surface area (Å²) >= 11 is 3.64. The predicted octanol–water partition coefficient (Wildman–Crippen LogP) is 2.89. The Bertz CT molecular complexity index is 357. The lowest BCUT2D eigenvalue weighted by atomic mass is 10.2. The zero-order chi connectivity index (χ0) is 10.7. The van der Waals surface area contributed by atoms with E-state index in [0.29, 0.717) is 6.04 Å². The molecule has 1 atom stereocenters. The molecule has 1 N–H and O–H groups in total. The van der Waals surface area contributed by atoms with Gasteiger partial charge in [-0.2, -0.15) is 0 Å². The average molecular weight is 240 g/mol. The summed E-state index contributed by atoms with van der Waals surface area (Å²) in [5, 5.41) is 6.64. The quantitative estimate of drug-likeness (QED) is 0.878. The molecule has 0 bridgehead atoms. The van der Waals surface area contributed by atoms with Gasteiger partial charge < -0.3 is 5.32 Å². The van der Waals surface area contributed by atoms with Crippen LogP contribution >= 0.6 is 23.1 Å². The first-order chi connectivity index (χ1) is 7.29. The number of aliphatic imine (C=N–C) groups is 1. The van der Waals surface area contributed by atoms with Gasteiger partial charge in [0.1, 0.15) is 0 Å². The second-order valence-corrected chi connectivity index (χ2v) is 5.71. The summed E-state index contributed by atoms with van der Waals surface area (Å²) in [5.41, 5.74) is 1.44. The Balaban J connectivity index is 1.98. The van der Waals surface area contributed by atoms with Crippen molar-refractivity contribution in [2.75, 3.05) is 5.75 Å². The van der Waals surface area contributed by atoms with E-state index in [1.54, 1.807) is 0 Å². The number of amidine groups is 1. The first-order valence-corrected chi connectivity index (χ1v) is 7.15. The van der Waals surface area contributed by atoms with E-state index in [1.165, 1.54) is 10.4 Å². The normalized spacial score (nSPS) is 23.3. The Labute approximate surface area is 99.2 Å². The topological polar surface area (TPSA) is 24.4 Å². The minimum Gasteiger partial charge on any atom is -0.362 e. The zero-order valence-corrected chi connectivity index (χ0v) is 10.8. The third kappa shape index (κ3) is 2.75. The monoisotopic (exact) mass is 240 g/mol. The molecule has 0 spiro atoms. The SMILES string of the molecule is CCc1ccsc1CN=C1NC(C)CS1. The Morgan fingerprint density at radius 3 is 3.13 bits per heavy atom. The highest BCUT2D eigenvalue weighted by Gasteiger charge is 2.15. The maximum Gasteiger partial charge on any atom is 0.157 e. The highest BCUT2D eigenvalue weighted by molar-refractivity contribution is 8.14. The smallest absolute Gasteiger partial charge is 0.157 e. The van der Waals surface area contributed by atoms with Crippen LogP contribution in [-0.4, -0.2) is 17.0 Å². The lowest BCUT2D eigenvalue weighted by molar-refractivity contribution is 0.764. The molecule has 2 heterocycles. The van der Waals surface area contributed by atoms with Crippen LogP contribution in [0.2, 0.25) is 0 Å². The molecule has 1 fully saturated rings. The van der Waals surface area contributed by atoms with E-state index in [4.69, 9.17) is 0 Å². The van der Waals surface area contributed by atoms with E-state index >= 15 is 0 Å². The van der Waals surface area contributed by atoms with Gasteiger partial charge in [-0.1, -0.05) is 18.7 Å². The second-order valence-electron chi connectivity index (χ2n) is 3.70. The fraction of sp³-hybridized carbons (Fsp3) is 0.545. The highest BCUT2D eigenvalue weighted by Crippen LogP contribution is 2.20. The number of nitrogens with zero attached hydrogens (tertiary/aromatic N) is 1. The van der Waals surface area contributed by atoms with Crippen LogP contribution in [0.1, 0.15) is 24.3 Å². The van der Waals surface area contributed by atoms with Gasteiger partial charge in [-0.3, -0.25) is 4.99 Å². The number of thiophene rings is 1. The van der Waals surface area contributed by atoms with E-state index in [1.807, 2.05) is 23.1 Å². The van der Waals surface area contributed by atoms with Gasteiger partial charge >= 0.3 is 0 Å². The fourth-order valence-electron chi connectivity index (χ4n) is 1.55. The van der Waals surface area contributed by atoms with E-state index in [2.05, 4.69) is 35.6 Å². The molecule has 4 heteroatoms. The first-order valence-electron chi connectivity index (χ1n) is 5.28. The Morgan fingerprint density at radius 1 is 1.60 bits per heavy atom. The Morgan fingerprint density at radius 2 is 2.47 bits per heavy atom. The summed E-state index contributed by atoms with van der Waals surface area (Å²) in [5.74, 6) is 1.14. The van der Waals surface area contributed by atoms with Gasteiger partial charge in [0.25, 0.3) is 0 Å². The molecule has 2 rings (SSSR count). The molecule has 0 saturated carbocycles. The third-order valence-electron chi connectivity index (χ3n) is 2.42. The van der Waals surface area contributed by atoms with Crippen molar-refractivity contribution in [1.82, 2.24) is 5.32 Å². The summed E-state index contributed by atoms with van der Waals surface area (Å²) in [6.07, 6.45) is 1.11. The number of hydrogen-bond donors (Lipinski definition) is 1. The second kappa shape index (κ2) is 5.03.